The Morgan fingerprint density at radius 3 is 3.25 bits per heavy atom. The highest BCUT2D eigenvalue weighted by Crippen LogP contribution is 2.13. The standard InChI is InChI=1S/C11H17N3OS/c1-8-5-14-11(16-8)7-13-10(15)4-9-2-3-12-6-9/h5,9,12H,2-4,6-7H2,1H3,(H,13,15). The fraction of sp³-hybridized carbons (Fsp3) is 0.636. The van der Waals surface area contributed by atoms with E-state index in [9.17, 15) is 4.79 Å². The van der Waals surface area contributed by atoms with Crippen molar-refractivity contribution in [3.63, 3.8) is 0 Å². The predicted molar refractivity (Wildman–Crippen MR) is 64.3 cm³/mol. The third kappa shape index (κ3) is 3.28. The van der Waals surface area contributed by atoms with Crippen LogP contribution in [0.2, 0.25) is 0 Å². The monoisotopic (exact) mass is 239 g/mol. The second-order valence-corrected chi connectivity index (χ2v) is 5.52. The van der Waals surface area contributed by atoms with Crippen LogP contribution >= 0.6 is 11.3 Å². The summed E-state index contributed by atoms with van der Waals surface area (Å²) in [5.74, 6) is 0.652. The van der Waals surface area contributed by atoms with Crippen LogP contribution in [0.15, 0.2) is 6.20 Å². The summed E-state index contributed by atoms with van der Waals surface area (Å²) in [5.41, 5.74) is 0. The van der Waals surface area contributed by atoms with Crippen molar-refractivity contribution in [3.8, 4) is 0 Å². The Labute approximate surface area is 99.5 Å². The Hall–Kier alpha value is -0.940. The fourth-order valence-electron chi connectivity index (χ4n) is 1.88. The second kappa shape index (κ2) is 5.41. The number of aryl methyl sites for hydroxylation is 1. The minimum absolute atomic E-state index is 0.140. The molecular weight excluding hydrogens is 222 g/mol. The maximum Gasteiger partial charge on any atom is 0.220 e. The molecule has 1 unspecified atom stereocenters. The average Bonchev–Trinajstić information content (AvgIpc) is 2.87. The lowest BCUT2D eigenvalue weighted by molar-refractivity contribution is -0.122. The molecule has 1 amide bonds. The van der Waals surface area contributed by atoms with E-state index in [2.05, 4.69) is 15.6 Å². The zero-order chi connectivity index (χ0) is 11.4. The SMILES string of the molecule is Cc1cnc(CNC(=O)CC2CCNC2)s1. The molecule has 1 aromatic heterocycles. The topological polar surface area (TPSA) is 54.0 Å². The van der Waals surface area contributed by atoms with Gasteiger partial charge in [0.05, 0.1) is 6.54 Å². The van der Waals surface area contributed by atoms with E-state index in [0.29, 0.717) is 18.9 Å². The minimum atomic E-state index is 0.140. The van der Waals surface area contributed by atoms with Gasteiger partial charge in [0.25, 0.3) is 0 Å². The highest BCUT2D eigenvalue weighted by Gasteiger charge is 2.17. The Morgan fingerprint density at radius 1 is 1.75 bits per heavy atom. The molecule has 1 atom stereocenters. The summed E-state index contributed by atoms with van der Waals surface area (Å²) in [6.45, 7) is 4.61. The van der Waals surface area contributed by atoms with E-state index in [1.807, 2.05) is 13.1 Å². The van der Waals surface area contributed by atoms with Gasteiger partial charge >= 0.3 is 0 Å². The Kier molecular flexibility index (Phi) is 3.90. The summed E-state index contributed by atoms with van der Waals surface area (Å²) in [6.07, 6.45) is 3.59. The van der Waals surface area contributed by atoms with Gasteiger partial charge in [-0.05, 0) is 32.4 Å². The van der Waals surface area contributed by atoms with E-state index in [4.69, 9.17) is 0 Å². The van der Waals surface area contributed by atoms with Crippen LogP contribution in [0.3, 0.4) is 0 Å². The molecule has 1 aliphatic rings. The van der Waals surface area contributed by atoms with Crippen molar-refractivity contribution in [2.24, 2.45) is 5.92 Å². The number of hydrogen-bond donors (Lipinski definition) is 2. The van der Waals surface area contributed by atoms with Crippen LogP contribution in [-0.4, -0.2) is 24.0 Å². The van der Waals surface area contributed by atoms with Crippen molar-refractivity contribution < 1.29 is 4.79 Å². The Morgan fingerprint density at radius 2 is 2.62 bits per heavy atom. The quantitative estimate of drug-likeness (QED) is 0.826. The molecule has 0 spiro atoms. The van der Waals surface area contributed by atoms with E-state index >= 15 is 0 Å². The number of hydrogen-bond acceptors (Lipinski definition) is 4. The van der Waals surface area contributed by atoms with Gasteiger partial charge in [0.2, 0.25) is 5.91 Å². The summed E-state index contributed by atoms with van der Waals surface area (Å²) in [5, 5.41) is 7.17. The summed E-state index contributed by atoms with van der Waals surface area (Å²) in [7, 11) is 0. The number of thiazole rings is 1. The molecule has 4 nitrogen and oxygen atoms in total. The van der Waals surface area contributed by atoms with Crippen LogP contribution in [0, 0.1) is 12.8 Å². The number of rotatable bonds is 4. The normalized spacial score (nSPS) is 19.9. The number of carbonyl (C=O) groups is 1. The van der Waals surface area contributed by atoms with Crippen LogP contribution in [0.25, 0.3) is 0 Å². The van der Waals surface area contributed by atoms with E-state index < -0.39 is 0 Å². The zero-order valence-corrected chi connectivity index (χ0v) is 10.3. The first kappa shape index (κ1) is 11.5. The Bertz CT molecular complexity index is 358. The van der Waals surface area contributed by atoms with E-state index in [1.54, 1.807) is 11.3 Å². The highest BCUT2D eigenvalue weighted by atomic mass is 32.1. The number of nitrogens with one attached hydrogen (secondary N) is 2. The molecule has 2 heterocycles. The molecule has 0 radical (unpaired) electrons. The molecular formula is C11H17N3OS. The molecule has 16 heavy (non-hydrogen) atoms. The highest BCUT2D eigenvalue weighted by molar-refractivity contribution is 7.11. The van der Waals surface area contributed by atoms with Gasteiger partial charge in [0, 0.05) is 17.5 Å². The fourth-order valence-corrected chi connectivity index (χ4v) is 2.61. The number of carbonyl (C=O) groups excluding carboxylic acids is 1. The molecule has 2 N–H and O–H groups in total. The third-order valence-corrected chi connectivity index (χ3v) is 3.66. The van der Waals surface area contributed by atoms with Crippen molar-refractivity contribution in [1.82, 2.24) is 15.6 Å². The molecule has 1 aliphatic heterocycles. The average molecular weight is 239 g/mol. The molecule has 2 rings (SSSR count). The lowest BCUT2D eigenvalue weighted by Crippen LogP contribution is -2.25. The maximum atomic E-state index is 11.6. The molecule has 1 aromatic rings. The van der Waals surface area contributed by atoms with Crippen LogP contribution < -0.4 is 10.6 Å². The molecule has 5 heteroatoms. The lowest BCUT2D eigenvalue weighted by atomic mass is 10.0. The summed E-state index contributed by atoms with van der Waals surface area (Å²) >= 11 is 1.63. The van der Waals surface area contributed by atoms with E-state index in [-0.39, 0.29) is 5.91 Å². The zero-order valence-electron chi connectivity index (χ0n) is 9.45. The van der Waals surface area contributed by atoms with Crippen molar-refractivity contribution in [3.05, 3.63) is 16.1 Å². The van der Waals surface area contributed by atoms with Gasteiger partial charge in [0.15, 0.2) is 0 Å². The van der Waals surface area contributed by atoms with Crippen molar-refractivity contribution >= 4 is 17.2 Å². The second-order valence-electron chi connectivity index (χ2n) is 4.20. The molecule has 0 aliphatic carbocycles. The van der Waals surface area contributed by atoms with Crippen molar-refractivity contribution in [2.45, 2.75) is 26.3 Å². The summed E-state index contributed by atoms with van der Waals surface area (Å²) < 4.78 is 0. The third-order valence-electron chi connectivity index (χ3n) is 2.74. The lowest BCUT2D eigenvalue weighted by Gasteiger charge is -2.07. The molecule has 1 fully saturated rings. The van der Waals surface area contributed by atoms with Gasteiger partial charge in [-0.1, -0.05) is 0 Å². The van der Waals surface area contributed by atoms with Gasteiger partial charge in [-0.15, -0.1) is 11.3 Å². The molecule has 1 saturated heterocycles. The molecule has 0 bridgehead atoms. The number of amides is 1. The maximum absolute atomic E-state index is 11.6. The van der Waals surface area contributed by atoms with E-state index in [0.717, 1.165) is 24.5 Å². The molecule has 0 aromatic carbocycles. The molecule has 0 saturated carbocycles. The number of aromatic nitrogens is 1. The number of nitrogens with zero attached hydrogens (tertiary/aromatic N) is 1. The first-order valence-corrected chi connectivity index (χ1v) is 6.44. The van der Waals surface area contributed by atoms with Gasteiger partial charge < -0.3 is 10.6 Å². The predicted octanol–water partition coefficient (Wildman–Crippen LogP) is 1.07. The van der Waals surface area contributed by atoms with Crippen LogP contribution in [0.4, 0.5) is 0 Å². The van der Waals surface area contributed by atoms with Crippen LogP contribution in [-0.2, 0) is 11.3 Å². The Balaban J connectivity index is 1.71. The van der Waals surface area contributed by atoms with Crippen LogP contribution in [0.5, 0.6) is 0 Å². The van der Waals surface area contributed by atoms with Gasteiger partial charge in [-0.2, -0.15) is 0 Å². The smallest absolute Gasteiger partial charge is 0.220 e. The largest absolute Gasteiger partial charge is 0.350 e. The van der Waals surface area contributed by atoms with Gasteiger partial charge in [0.1, 0.15) is 5.01 Å². The van der Waals surface area contributed by atoms with Crippen molar-refractivity contribution in [2.75, 3.05) is 13.1 Å². The molecule has 88 valence electrons. The van der Waals surface area contributed by atoms with Crippen molar-refractivity contribution in [1.29, 1.82) is 0 Å². The minimum Gasteiger partial charge on any atom is -0.350 e. The van der Waals surface area contributed by atoms with Gasteiger partial charge in [-0.3, -0.25) is 4.79 Å². The summed E-state index contributed by atoms with van der Waals surface area (Å²) in [4.78, 5) is 17.0. The van der Waals surface area contributed by atoms with E-state index in [1.165, 1.54) is 4.88 Å². The summed E-state index contributed by atoms with van der Waals surface area (Å²) in [6, 6.07) is 0. The first-order valence-electron chi connectivity index (χ1n) is 5.63. The van der Waals surface area contributed by atoms with Crippen LogP contribution in [0.1, 0.15) is 22.7 Å². The van der Waals surface area contributed by atoms with Gasteiger partial charge in [-0.25, -0.2) is 4.98 Å². The first-order chi connectivity index (χ1) is 7.74.